The van der Waals surface area contributed by atoms with Crippen molar-refractivity contribution in [3.63, 3.8) is 0 Å². The average Bonchev–Trinajstić information content (AvgIpc) is 3.07. The zero-order valence-electron chi connectivity index (χ0n) is 27.8. The molecule has 0 unspecified atom stereocenters. The van der Waals surface area contributed by atoms with Crippen molar-refractivity contribution in [2.24, 2.45) is 0 Å². The van der Waals surface area contributed by atoms with E-state index < -0.39 is 137 Å². The molecule has 330 valence electrons. The topological polar surface area (TPSA) is 0 Å². The van der Waals surface area contributed by atoms with E-state index in [1.807, 2.05) is 0 Å². The van der Waals surface area contributed by atoms with Crippen LogP contribution in [0.5, 0.6) is 0 Å². The number of halogens is 26. The van der Waals surface area contributed by atoms with E-state index in [1.165, 1.54) is 0 Å². The van der Waals surface area contributed by atoms with Crippen molar-refractivity contribution >= 4 is 70.6 Å². The summed E-state index contributed by atoms with van der Waals surface area (Å²) >= 11 is -3.52. The summed E-state index contributed by atoms with van der Waals surface area (Å²) in [6, 6.07) is 0.676. The number of hydrogen-bond donors (Lipinski definition) is 0. The number of hydrogen-bond acceptors (Lipinski definition) is 0. The van der Waals surface area contributed by atoms with Crippen LogP contribution in [-0.2, 0) is 49.4 Å². The minimum atomic E-state index is -5.24. The Morgan fingerprint density at radius 2 is 0.400 bits per heavy atom. The Labute approximate surface area is 341 Å². The number of rotatable bonds is 4. The molecule has 0 amide bonds. The summed E-state index contributed by atoms with van der Waals surface area (Å²) in [6.45, 7) is 0. The second-order valence-electron chi connectivity index (χ2n) is 11.7. The fourth-order valence-electron chi connectivity index (χ4n) is 4.89. The second kappa shape index (κ2) is 17.4. The maximum atomic E-state index is 13.3. The Balaban J connectivity index is 0.000000320. The van der Waals surface area contributed by atoms with Gasteiger partial charge in [-0.05, 0) is 0 Å². The average molecular weight is 1160 g/mol. The molecule has 4 rings (SSSR count). The van der Waals surface area contributed by atoms with Crippen LogP contribution in [0.4, 0.5) is 105 Å². The van der Waals surface area contributed by atoms with E-state index in [-0.39, 0.29) is 72.8 Å². The SMILES string of the molecule is FC(F)(F)c1ccc(C(F)(F)F)[c]([Ge]([Br])[c]2cc(C(F)(F)F)ccc2C(F)(F)F)c1.FC(F)(F)c1ccc(C(F)(F)F)[c]([Ge]([Br])[c]2cc(C(F)(F)F)ccc2C(F)(F)F)c1. The molecule has 0 aromatic heterocycles. The van der Waals surface area contributed by atoms with Gasteiger partial charge in [0.05, 0.1) is 0 Å². The van der Waals surface area contributed by atoms with Crippen molar-refractivity contribution in [2.45, 2.75) is 49.4 Å². The van der Waals surface area contributed by atoms with Gasteiger partial charge in [-0.25, -0.2) is 0 Å². The summed E-state index contributed by atoms with van der Waals surface area (Å²) in [4.78, 5) is 0. The van der Waals surface area contributed by atoms with Gasteiger partial charge in [0.2, 0.25) is 0 Å². The van der Waals surface area contributed by atoms with E-state index >= 15 is 0 Å². The van der Waals surface area contributed by atoms with Crippen LogP contribution in [0.2, 0.25) is 0 Å². The van der Waals surface area contributed by atoms with E-state index in [9.17, 15) is 105 Å². The molecule has 2 radical (unpaired) electrons. The van der Waals surface area contributed by atoms with Gasteiger partial charge < -0.3 is 0 Å². The maximum absolute atomic E-state index is 13.3. The predicted molar refractivity (Wildman–Crippen MR) is 174 cm³/mol. The summed E-state index contributed by atoms with van der Waals surface area (Å²) in [6.07, 6.45) is -41.5. The molecule has 0 spiro atoms. The normalized spacial score (nSPS) is 13.8. The molecule has 0 saturated carbocycles. The third-order valence-corrected chi connectivity index (χ3v) is 23.9. The van der Waals surface area contributed by atoms with Gasteiger partial charge in [0.15, 0.2) is 0 Å². The van der Waals surface area contributed by atoms with Crippen LogP contribution in [0, 0.1) is 0 Å². The van der Waals surface area contributed by atoms with Gasteiger partial charge >= 0.3 is 343 Å². The molecule has 0 nitrogen and oxygen atoms in total. The minimum absolute atomic E-state index is 0.0212. The number of alkyl halides is 24. The van der Waals surface area contributed by atoms with Crippen LogP contribution in [0.3, 0.4) is 0 Å². The first-order valence-electron chi connectivity index (χ1n) is 14.9. The first-order valence-corrected chi connectivity index (χ1v) is 28.9. The van der Waals surface area contributed by atoms with Crippen LogP contribution < -0.4 is 17.6 Å². The first kappa shape index (κ1) is 51.6. The van der Waals surface area contributed by atoms with E-state index in [0.717, 1.165) is 0 Å². The van der Waals surface area contributed by atoms with Crippen molar-refractivity contribution in [3.05, 3.63) is 117 Å². The van der Waals surface area contributed by atoms with Crippen molar-refractivity contribution in [1.82, 2.24) is 0 Å². The molecule has 0 saturated heterocycles. The first-order chi connectivity index (χ1) is 26.7. The molecule has 4 aromatic carbocycles. The Bertz CT molecular complexity index is 1850. The molecule has 0 aliphatic carbocycles. The predicted octanol–water partition coefficient (Wildman–Crippen LogP) is 12.5. The van der Waals surface area contributed by atoms with Gasteiger partial charge in [0.25, 0.3) is 0 Å². The zero-order chi connectivity index (χ0) is 46.6. The summed E-state index contributed by atoms with van der Waals surface area (Å²) < 4.78 is 310. The molecule has 28 heteroatoms. The molecule has 4 aromatic rings. The van der Waals surface area contributed by atoms with Gasteiger partial charge in [-0.1, -0.05) is 0 Å². The quantitative estimate of drug-likeness (QED) is 0.141. The fraction of sp³-hybridized carbons (Fsp3) is 0.250. The van der Waals surface area contributed by atoms with Gasteiger partial charge in [-0.15, -0.1) is 0 Å². The van der Waals surface area contributed by atoms with Crippen LogP contribution in [0.15, 0.2) is 72.8 Å². The Morgan fingerprint density at radius 1 is 0.250 bits per heavy atom. The van der Waals surface area contributed by atoms with Crippen molar-refractivity contribution in [3.8, 4) is 0 Å². The zero-order valence-corrected chi connectivity index (χ0v) is 35.1. The van der Waals surface area contributed by atoms with Crippen LogP contribution >= 0.6 is 28.0 Å². The van der Waals surface area contributed by atoms with Gasteiger partial charge in [-0.3, -0.25) is 0 Å². The Morgan fingerprint density at radius 3 is 0.517 bits per heavy atom. The molecule has 0 aliphatic rings. The third kappa shape index (κ3) is 12.7. The molecule has 0 aliphatic heterocycles. The fourth-order valence-corrected chi connectivity index (χ4v) is 19.2. The monoisotopic (exact) mass is 1160 g/mol. The summed E-state index contributed by atoms with van der Waals surface area (Å²) in [7, 11) is 0. The standard InChI is InChI=1S/2C16H6BrF12Ge/c2*17-30(11-5-7(13(18,19)20)1-3-9(11)15(24,25)26)12-6-8(14(21,22)23)2-4-10(12)16(27,28)29/h2*1-6H. The van der Waals surface area contributed by atoms with Crippen molar-refractivity contribution in [2.75, 3.05) is 0 Å². The molecule has 0 heterocycles. The van der Waals surface area contributed by atoms with Gasteiger partial charge in [0.1, 0.15) is 0 Å². The van der Waals surface area contributed by atoms with Gasteiger partial charge in [0, 0.05) is 0 Å². The van der Waals surface area contributed by atoms with E-state index in [1.54, 1.807) is 0 Å². The third-order valence-electron chi connectivity index (χ3n) is 7.56. The van der Waals surface area contributed by atoms with Crippen molar-refractivity contribution < 1.29 is 105 Å². The molecular formula is C32H12Br2F24Ge2. The van der Waals surface area contributed by atoms with Crippen LogP contribution in [0.1, 0.15) is 44.5 Å². The number of benzene rings is 4. The molecule has 0 N–H and O–H groups in total. The molecule has 0 fully saturated rings. The second-order valence-corrected chi connectivity index (χ2v) is 27.0. The van der Waals surface area contributed by atoms with Gasteiger partial charge in [-0.2, -0.15) is 0 Å². The summed E-state index contributed by atoms with van der Waals surface area (Å²) in [5.74, 6) is 0. The van der Waals surface area contributed by atoms with Crippen LogP contribution in [-0.4, -0.2) is 25.0 Å². The van der Waals surface area contributed by atoms with Crippen molar-refractivity contribution in [1.29, 1.82) is 0 Å². The van der Waals surface area contributed by atoms with E-state index in [0.29, 0.717) is 0 Å². The molecule has 0 bridgehead atoms. The van der Waals surface area contributed by atoms with Crippen LogP contribution in [0.25, 0.3) is 0 Å². The molecule has 60 heavy (non-hydrogen) atoms. The summed E-state index contributed by atoms with van der Waals surface area (Å²) in [5, 5.41) is 0. The van der Waals surface area contributed by atoms with E-state index in [2.05, 4.69) is 28.0 Å². The van der Waals surface area contributed by atoms with E-state index in [4.69, 9.17) is 0 Å². The Kier molecular flexibility index (Phi) is 15.0. The summed E-state index contributed by atoms with van der Waals surface area (Å²) in [5.41, 5.74) is -12.9. The molecular weight excluding hydrogens is 1150 g/mol. The Hall–Kier alpha value is -2.75. The molecule has 0 atom stereocenters.